The molecule has 2 rings (SSSR count). The zero-order valence-electron chi connectivity index (χ0n) is 11.9. The maximum Gasteiger partial charge on any atom is 0.112 e. The standard InChI is InChI=1S/C16H22N2O/c1-4-12-6-8-14(9-7-12)15-11(3)17-16(18-15)13(5-2)10-19/h6-9,13,19H,4-5,10H2,1-3H3,(H,17,18). The molecule has 0 radical (unpaired) electrons. The van der Waals surface area contributed by atoms with Crippen molar-refractivity contribution in [2.45, 2.75) is 39.5 Å². The Hall–Kier alpha value is -1.61. The minimum absolute atomic E-state index is 0.0994. The van der Waals surface area contributed by atoms with E-state index in [1.807, 2.05) is 6.92 Å². The summed E-state index contributed by atoms with van der Waals surface area (Å²) < 4.78 is 0. The Kier molecular flexibility index (Phi) is 4.38. The molecule has 1 aromatic carbocycles. The number of nitrogens with zero attached hydrogens (tertiary/aromatic N) is 1. The minimum Gasteiger partial charge on any atom is -0.396 e. The number of aryl methyl sites for hydroxylation is 2. The first kappa shape index (κ1) is 13.8. The normalized spacial score (nSPS) is 12.6. The van der Waals surface area contributed by atoms with Gasteiger partial charge < -0.3 is 10.1 Å². The Morgan fingerprint density at radius 2 is 1.89 bits per heavy atom. The van der Waals surface area contributed by atoms with Gasteiger partial charge in [-0.25, -0.2) is 4.98 Å². The largest absolute Gasteiger partial charge is 0.396 e. The molecule has 0 amide bonds. The Morgan fingerprint density at radius 1 is 1.21 bits per heavy atom. The van der Waals surface area contributed by atoms with E-state index < -0.39 is 0 Å². The molecule has 2 aromatic rings. The molecule has 3 heteroatoms. The van der Waals surface area contributed by atoms with Crippen LogP contribution in [0.3, 0.4) is 0 Å². The molecular weight excluding hydrogens is 236 g/mol. The number of aromatic nitrogens is 2. The number of aliphatic hydroxyl groups is 1. The molecular formula is C16H22N2O. The lowest BCUT2D eigenvalue weighted by Gasteiger charge is -2.06. The molecule has 19 heavy (non-hydrogen) atoms. The number of hydrogen-bond acceptors (Lipinski definition) is 2. The summed E-state index contributed by atoms with van der Waals surface area (Å²) in [5.74, 6) is 0.986. The number of nitrogens with one attached hydrogen (secondary N) is 1. The van der Waals surface area contributed by atoms with Crippen molar-refractivity contribution in [3.05, 3.63) is 41.3 Å². The number of hydrogen-bond donors (Lipinski definition) is 2. The third-order valence-electron chi connectivity index (χ3n) is 3.64. The first-order valence-corrected chi connectivity index (χ1v) is 6.96. The fraction of sp³-hybridized carbons (Fsp3) is 0.438. The number of aliphatic hydroxyl groups excluding tert-OH is 1. The van der Waals surface area contributed by atoms with Crippen LogP contribution in [-0.4, -0.2) is 21.7 Å². The molecule has 1 atom stereocenters. The Labute approximate surface area is 114 Å². The molecule has 0 saturated heterocycles. The van der Waals surface area contributed by atoms with Gasteiger partial charge in [-0.2, -0.15) is 0 Å². The quantitative estimate of drug-likeness (QED) is 0.863. The third kappa shape index (κ3) is 2.87. The van der Waals surface area contributed by atoms with Gasteiger partial charge in [0.25, 0.3) is 0 Å². The molecule has 2 N–H and O–H groups in total. The van der Waals surface area contributed by atoms with Crippen LogP contribution in [0.25, 0.3) is 11.3 Å². The monoisotopic (exact) mass is 258 g/mol. The molecule has 1 aromatic heterocycles. The lowest BCUT2D eigenvalue weighted by atomic mass is 10.1. The van der Waals surface area contributed by atoms with Crippen LogP contribution in [0.15, 0.2) is 24.3 Å². The molecule has 0 saturated carbocycles. The van der Waals surface area contributed by atoms with Gasteiger partial charge >= 0.3 is 0 Å². The molecule has 102 valence electrons. The van der Waals surface area contributed by atoms with Gasteiger partial charge in [0, 0.05) is 17.2 Å². The van der Waals surface area contributed by atoms with E-state index in [2.05, 4.69) is 48.1 Å². The first-order chi connectivity index (χ1) is 9.19. The van der Waals surface area contributed by atoms with Crippen molar-refractivity contribution in [2.75, 3.05) is 6.61 Å². The minimum atomic E-state index is 0.0994. The van der Waals surface area contributed by atoms with Crippen molar-refractivity contribution < 1.29 is 5.11 Å². The van der Waals surface area contributed by atoms with Gasteiger partial charge in [0.05, 0.1) is 12.3 Å². The number of H-pyrrole nitrogens is 1. The summed E-state index contributed by atoms with van der Waals surface area (Å²) in [4.78, 5) is 7.96. The van der Waals surface area contributed by atoms with E-state index in [4.69, 9.17) is 0 Å². The SMILES string of the molecule is CCc1ccc(-c2nc(C(CC)CO)[nH]c2C)cc1. The average molecular weight is 258 g/mol. The lowest BCUT2D eigenvalue weighted by Crippen LogP contribution is -2.04. The van der Waals surface area contributed by atoms with Gasteiger partial charge in [-0.3, -0.25) is 0 Å². The van der Waals surface area contributed by atoms with Crippen LogP contribution >= 0.6 is 0 Å². The maximum absolute atomic E-state index is 9.36. The van der Waals surface area contributed by atoms with Crippen LogP contribution in [0.1, 0.15) is 43.3 Å². The highest BCUT2D eigenvalue weighted by molar-refractivity contribution is 5.62. The third-order valence-corrected chi connectivity index (χ3v) is 3.64. The zero-order valence-corrected chi connectivity index (χ0v) is 11.9. The van der Waals surface area contributed by atoms with E-state index in [0.717, 1.165) is 35.6 Å². The molecule has 0 aliphatic heterocycles. The topological polar surface area (TPSA) is 48.9 Å². The fourth-order valence-corrected chi connectivity index (χ4v) is 2.27. The second kappa shape index (κ2) is 6.02. The van der Waals surface area contributed by atoms with E-state index in [1.54, 1.807) is 0 Å². The van der Waals surface area contributed by atoms with Crippen LogP contribution < -0.4 is 0 Å². The van der Waals surface area contributed by atoms with Gasteiger partial charge in [-0.15, -0.1) is 0 Å². The van der Waals surface area contributed by atoms with Crippen LogP contribution in [0, 0.1) is 6.92 Å². The highest BCUT2D eigenvalue weighted by Crippen LogP contribution is 2.25. The predicted molar refractivity (Wildman–Crippen MR) is 78.3 cm³/mol. The summed E-state index contributed by atoms with van der Waals surface area (Å²) in [6.45, 7) is 6.38. The lowest BCUT2D eigenvalue weighted by molar-refractivity contribution is 0.258. The smallest absolute Gasteiger partial charge is 0.112 e. The zero-order chi connectivity index (χ0) is 13.8. The van der Waals surface area contributed by atoms with Crippen molar-refractivity contribution in [2.24, 2.45) is 0 Å². The Balaban J connectivity index is 2.33. The molecule has 3 nitrogen and oxygen atoms in total. The van der Waals surface area contributed by atoms with E-state index in [1.165, 1.54) is 5.56 Å². The van der Waals surface area contributed by atoms with E-state index in [0.29, 0.717) is 0 Å². The number of imidazole rings is 1. The number of benzene rings is 1. The summed E-state index contributed by atoms with van der Waals surface area (Å²) in [6.07, 6.45) is 1.94. The second-order valence-corrected chi connectivity index (χ2v) is 4.93. The maximum atomic E-state index is 9.36. The molecule has 0 aliphatic rings. The number of rotatable bonds is 5. The van der Waals surface area contributed by atoms with E-state index in [9.17, 15) is 5.11 Å². The van der Waals surface area contributed by atoms with Gasteiger partial charge in [0.2, 0.25) is 0 Å². The number of aromatic amines is 1. The fourth-order valence-electron chi connectivity index (χ4n) is 2.27. The van der Waals surface area contributed by atoms with Gasteiger partial charge in [-0.05, 0) is 25.3 Å². The Bertz CT molecular complexity index is 524. The van der Waals surface area contributed by atoms with Crippen LogP contribution in [0.2, 0.25) is 0 Å². The predicted octanol–water partition coefficient (Wildman–Crippen LogP) is 3.43. The summed E-state index contributed by atoms with van der Waals surface area (Å²) in [5, 5.41) is 9.36. The van der Waals surface area contributed by atoms with E-state index >= 15 is 0 Å². The van der Waals surface area contributed by atoms with Crippen molar-refractivity contribution in [3.63, 3.8) is 0 Å². The van der Waals surface area contributed by atoms with Crippen LogP contribution in [0.5, 0.6) is 0 Å². The van der Waals surface area contributed by atoms with Crippen LogP contribution in [0.4, 0.5) is 0 Å². The second-order valence-electron chi connectivity index (χ2n) is 4.93. The van der Waals surface area contributed by atoms with Crippen molar-refractivity contribution >= 4 is 0 Å². The summed E-state index contributed by atoms with van der Waals surface area (Å²) in [7, 11) is 0. The molecule has 0 spiro atoms. The summed E-state index contributed by atoms with van der Waals surface area (Å²) in [5.41, 5.74) is 4.51. The average Bonchev–Trinajstić information content (AvgIpc) is 2.82. The summed E-state index contributed by atoms with van der Waals surface area (Å²) in [6, 6.07) is 8.52. The van der Waals surface area contributed by atoms with Crippen molar-refractivity contribution in [1.29, 1.82) is 0 Å². The summed E-state index contributed by atoms with van der Waals surface area (Å²) >= 11 is 0. The van der Waals surface area contributed by atoms with Gasteiger partial charge in [-0.1, -0.05) is 38.1 Å². The molecule has 1 unspecified atom stereocenters. The molecule has 0 fully saturated rings. The molecule has 0 aliphatic carbocycles. The molecule has 1 heterocycles. The first-order valence-electron chi connectivity index (χ1n) is 6.96. The Morgan fingerprint density at radius 3 is 2.42 bits per heavy atom. The van der Waals surface area contributed by atoms with Gasteiger partial charge in [0.15, 0.2) is 0 Å². The van der Waals surface area contributed by atoms with Crippen LogP contribution in [-0.2, 0) is 6.42 Å². The highest BCUT2D eigenvalue weighted by Gasteiger charge is 2.15. The van der Waals surface area contributed by atoms with Crippen molar-refractivity contribution in [3.8, 4) is 11.3 Å². The van der Waals surface area contributed by atoms with Gasteiger partial charge in [0.1, 0.15) is 5.82 Å². The highest BCUT2D eigenvalue weighted by atomic mass is 16.3. The van der Waals surface area contributed by atoms with E-state index in [-0.39, 0.29) is 12.5 Å². The van der Waals surface area contributed by atoms with Crippen molar-refractivity contribution in [1.82, 2.24) is 9.97 Å². The molecule has 0 bridgehead atoms.